The molecular formula is C13H15BrN4O2. The quantitative estimate of drug-likeness (QED) is 0.621. The number of hydrogen-bond donors (Lipinski definition) is 0. The highest BCUT2D eigenvalue weighted by Gasteiger charge is 2.21. The number of halogens is 1. The van der Waals surface area contributed by atoms with E-state index in [-0.39, 0.29) is 5.69 Å². The third-order valence-corrected chi connectivity index (χ3v) is 2.81. The molecule has 0 saturated carbocycles. The normalized spacial score (nSPS) is 11.4. The number of carbonyl (C=O) groups excluding carboxylic acids is 1. The van der Waals surface area contributed by atoms with Crippen LogP contribution in [-0.2, 0) is 4.74 Å². The molecule has 2 aromatic heterocycles. The third-order valence-electron chi connectivity index (χ3n) is 2.37. The first-order valence-electron chi connectivity index (χ1n) is 6.05. The summed E-state index contributed by atoms with van der Waals surface area (Å²) in [6, 6.07) is 3.65. The van der Waals surface area contributed by atoms with E-state index in [4.69, 9.17) is 4.74 Å². The van der Waals surface area contributed by atoms with Gasteiger partial charge in [0.05, 0.1) is 17.6 Å². The Morgan fingerprint density at radius 3 is 2.65 bits per heavy atom. The fraction of sp³-hybridized carbons (Fsp3) is 0.385. The lowest BCUT2D eigenvalue weighted by molar-refractivity contribution is 0.00627. The van der Waals surface area contributed by atoms with E-state index in [0.29, 0.717) is 0 Å². The molecule has 0 spiro atoms. The van der Waals surface area contributed by atoms with E-state index in [0.717, 1.165) is 16.0 Å². The Morgan fingerprint density at radius 2 is 2.05 bits per heavy atom. The van der Waals surface area contributed by atoms with Gasteiger partial charge in [0, 0.05) is 0 Å². The summed E-state index contributed by atoms with van der Waals surface area (Å²) < 4.78 is 7.49. The van der Waals surface area contributed by atoms with Gasteiger partial charge in [0.15, 0.2) is 5.69 Å². The van der Waals surface area contributed by atoms with E-state index in [9.17, 15) is 4.79 Å². The smallest absolute Gasteiger partial charge is 0.361 e. The van der Waals surface area contributed by atoms with E-state index in [2.05, 4.69) is 31.2 Å². The Bertz CT molecular complexity index is 646. The number of aromatic nitrogens is 4. The highest BCUT2D eigenvalue weighted by Crippen LogP contribution is 2.16. The fourth-order valence-electron chi connectivity index (χ4n) is 1.57. The second kappa shape index (κ2) is 5.32. The maximum Gasteiger partial charge on any atom is 0.361 e. The molecule has 0 aliphatic carbocycles. The van der Waals surface area contributed by atoms with Crippen LogP contribution in [0.1, 0.15) is 37.0 Å². The van der Waals surface area contributed by atoms with Crippen LogP contribution in [0.3, 0.4) is 0 Å². The Hall–Kier alpha value is -1.76. The van der Waals surface area contributed by atoms with Crippen LogP contribution in [0.2, 0.25) is 0 Å². The standard InChI is InChI=1S/C13H15BrN4O2/c1-8-10(5-6-11(14)15-8)18-7-9(16-17-18)12(19)20-13(2,3)4/h5-7H,1-4H3. The number of hydrogen-bond acceptors (Lipinski definition) is 5. The molecule has 0 radical (unpaired) electrons. The monoisotopic (exact) mass is 338 g/mol. The molecule has 0 fully saturated rings. The summed E-state index contributed by atoms with van der Waals surface area (Å²) >= 11 is 3.30. The number of carbonyl (C=O) groups is 1. The molecule has 20 heavy (non-hydrogen) atoms. The molecule has 0 bridgehead atoms. The topological polar surface area (TPSA) is 69.9 Å². The predicted octanol–water partition coefficient (Wildman–Crippen LogP) is 2.69. The molecule has 106 valence electrons. The van der Waals surface area contributed by atoms with Crippen LogP contribution < -0.4 is 0 Å². The van der Waals surface area contributed by atoms with Gasteiger partial charge in [-0.2, -0.15) is 0 Å². The SMILES string of the molecule is Cc1nc(Br)ccc1-n1cc(C(=O)OC(C)(C)C)nn1. The van der Waals surface area contributed by atoms with Crippen molar-refractivity contribution in [1.29, 1.82) is 0 Å². The first kappa shape index (κ1) is 14.6. The Morgan fingerprint density at radius 1 is 1.35 bits per heavy atom. The first-order valence-corrected chi connectivity index (χ1v) is 6.85. The van der Waals surface area contributed by atoms with E-state index in [1.54, 1.807) is 26.8 Å². The molecule has 2 rings (SSSR count). The van der Waals surface area contributed by atoms with Gasteiger partial charge in [-0.3, -0.25) is 0 Å². The molecule has 0 aliphatic heterocycles. The highest BCUT2D eigenvalue weighted by atomic mass is 79.9. The van der Waals surface area contributed by atoms with Crippen molar-refractivity contribution in [1.82, 2.24) is 20.0 Å². The molecule has 0 unspecified atom stereocenters. The van der Waals surface area contributed by atoms with Gasteiger partial charge in [-0.25, -0.2) is 14.5 Å². The van der Waals surface area contributed by atoms with Gasteiger partial charge in [-0.05, 0) is 55.8 Å². The summed E-state index contributed by atoms with van der Waals surface area (Å²) in [5, 5.41) is 7.78. The van der Waals surface area contributed by atoms with Crippen LogP contribution in [0.15, 0.2) is 22.9 Å². The van der Waals surface area contributed by atoms with Gasteiger partial charge in [0.1, 0.15) is 10.2 Å². The molecular weight excluding hydrogens is 324 g/mol. The van der Waals surface area contributed by atoms with Crippen LogP contribution >= 0.6 is 15.9 Å². The maximum atomic E-state index is 11.9. The third kappa shape index (κ3) is 3.41. The molecule has 0 aliphatic rings. The molecule has 0 saturated heterocycles. The largest absolute Gasteiger partial charge is 0.455 e. The van der Waals surface area contributed by atoms with Gasteiger partial charge >= 0.3 is 5.97 Å². The highest BCUT2D eigenvalue weighted by molar-refractivity contribution is 9.10. The lowest BCUT2D eigenvalue weighted by atomic mass is 10.2. The van der Waals surface area contributed by atoms with Gasteiger partial charge in [-0.15, -0.1) is 5.10 Å². The van der Waals surface area contributed by atoms with Crippen molar-refractivity contribution in [3.63, 3.8) is 0 Å². The van der Waals surface area contributed by atoms with Gasteiger partial charge in [0.2, 0.25) is 0 Å². The zero-order valence-electron chi connectivity index (χ0n) is 11.7. The number of rotatable bonds is 2. The zero-order chi connectivity index (χ0) is 14.9. The Balaban J connectivity index is 2.27. The summed E-state index contributed by atoms with van der Waals surface area (Å²) in [5.41, 5.74) is 1.15. The van der Waals surface area contributed by atoms with Gasteiger partial charge < -0.3 is 4.74 Å². The number of ether oxygens (including phenoxy) is 1. The lowest BCUT2D eigenvalue weighted by Gasteiger charge is -2.18. The Labute approximate surface area is 125 Å². The number of esters is 1. The zero-order valence-corrected chi connectivity index (χ0v) is 13.3. The minimum absolute atomic E-state index is 0.169. The number of nitrogens with zero attached hydrogens (tertiary/aromatic N) is 4. The van der Waals surface area contributed by atoms with Crippen molar-refractivity contribution in [2.45, 2.75) is 33.3 Å². The van der Waals surface area contributed by atoms with Crippen molar-refractivity contribution in [3.8, 4) is 5.69 Å². The summed E-state index contributed by atoms with van der Waals surface area (Å²) in [5.74, 6) is -0.494. The van der Waals surface area contributed by atoms with Crippen LogP contribution in [0.5, 0.6) is 0 Å². The average Bonchev–Trinajstić information content (AvgIpc) is 2.75. The van der Waals surface area contributed by atoms with E-state index in [1.807, 2.05) is 13.0 Å². The van der Waals surface area contributed by atoms with E-state index < -0.39 is 11.6 Å². The van der Waals surface area contributed by atoms with E-state index >= 15 is 0 Å². The number of aryl methyl sites for hydroxylation is 1. The lowest BCUT2D eigenvalue weighted by Crippen LogP contribution is -2.24. The number of pyridine rings is 1. The molecule has 6 nitrogen and oxygen atoms in total. The average molecular weight is 339 g/mol. The van der Waals surface area contributed by atoms with Gasteiger partial charge in [-0.1, -0.05) is 5.21 Å². The van der Waals surface area contributed by atoms with Crippen molar-refractivity contribution in [3.05, 3.63) is 34.3 Å². The van der Waals surface area contributed by atoms with Crippen molar-refractivity contribution >= 4 is 21.9 Å². The molecule has 0 N–H and O–H groups in total. The maximum absolute atomic E-state index is 11.9. The summed E-state index contributed by atoms with van der Waals surface area (Å²) in [4.78, 5) is 16.2. The van der Waals surface area contributed by atoms with Crippen molar-refractivity contribution in [2.24, 2.45) is 0 Å². The molecule has 7 heteroatoms. The molecule has 0 amide bonds. The fourth-order valence-corrected chi connectivity index (χ4v) is 1.97. The second-order valence-electron chi connectivity index (χ2n) is 5.29. The van der Waals surface area contributed by atoms with Gasteiger partial charge in [0.25, 0.3) is 0 Å². The van der Waals surface area contributed by atoms with Crippen molar-refractivity contribution < 1.29 is 9.53 Å². The van der Waals surface area contributed by atoms with Crippen LogP contribution in [0.4, 0.5) is 0 Å². The van der Waals surface area contributed by atoms with E-state index in [1.165, 1.54) is 10.9 Å². The predicted molar refractivity (Wildman–Crippen MR) is 76.8 cm³/mol. The molecule has 0 aromatic carbocycles. The Kier molecular flexibility index (Phi) is 3.89. The summed E-state index contributed by atoms with van der Waals surface area (Å²) in [6.07, 6.45) is 1.53. The van der Waals surface area contributed by atoms with Crippen LogP contribution in [0.25, 0.3) is 5.69 Å². The van der Waals surface area contributed by atoms with Crippen LogP contribution in [-0.4, -0.2) is 31.5 Å². The molecule has 0 atom stereocenters. The summed E-state index contributed by atoms with van der Waals surface area (Å²) in [7, 11) is 0. The summed E-state index contributed by atoms with van der Waals surface area (Å²) in [6.45, 7) is 7.27. The van der Waals surface area contributed by atoms with Crippen LogP contribution in [0, 0.1) is 6.92 Å². The molecule has 2 aromatic rings. The second-order valence-corrected chi connectivity index (χ2v) is 6.10. The minimum atomic E-state index is -0.560. The minimum Gasteiger partial charge on any atom is -0.455 e. The van der Waals surface area contributed by atoms with Crippen molar-refractivity contribution in [2.75, 3.05) is 0 Å². The first-order chi connectivity index (χ1) is 9.26. The molecule has 2 heterocycles.